The van der Waals surface area contributed by atoms with Crippen LogP contribution in [-0.4, -0.2) is 28.1 Å². The summed E-state index contributed by atoms with van der Waals surface area (Å²) in [4.78, 5) is 19.8. The largest absolute Gasteiger partial charge is 0.507 e. The maximum atomic E-state index is 13.1. The number of likely N-dealkylation sites (tertiary alicyclic amines) is 1. The molecule has 1 N–H and O–H groups in total. The zero-order valence-electron chi connectivity index (χ0n) is 15.0. The number of hydrogen-bond acceptors (Lipinski definition) is 6. The standard InChI is InChI=1S/C20H22N2O3S/c1-3-13-8-14-18(24)16(20-21-12(2)11-26-20)10-25-19(14)15(17(13)23)9-22-6-4-5-7-22/h8,10-11,23H,3-7,9H2,1-2H3. The number of thiazole rings is 1. The number of hydrogen-bond donors (Lipinski definition) is 1. The first-order valence-electron chi connectivity index (χ1n) is 9.02. The van der Waals surface area contributed by atoms with Gasteiger partial charge in [0.1, 0.15) is 22.6 Å². The maximum absolute atomic E-state index is 13.1. The van der Waals surface area contributed by atoms with E-state index in [1.807, 2.05) is 19.2 Å². The van der Waals surface area contributed by atoms with Crippen LogP contribution in [0.25, 0.3) is 21.5 Å². The van der Waals surface area contributed by atoms with Crippen LogP contribution in [0.2, 0.25) is 0 Å². The molecule has 2 aromatic heterocycles. The van der Waals surface area contributed by atoms with Gasteiger partial charge in [0.15, 0.2) is 0 Å². The number of benzene rings is 1. The van der Waals surface area contributed by atoms with Crippen molar-refractivity contribution in [3.63, 3.8) is 0 Å². The van der Waals surface area contributed by atoms with E-state index in [0.29, 0.717) is 34.5 Å². The van der Waals surface area contributed by atoms with Crippen LogP contribution in [0.3, 0.4) is 0 Å². The van der Waals surface area contributed by atoms with Gasteiger partial charge in [-0.15, -0.1) is 11.3 Å². The minimum Gasteiger partial charge on any atom is -0.507 e. The summed E-state index contributed by atoms with van der Waals surface area (Å²) in [6.07, 6.45) is 4.49. The summed E-state index contributed by atoms with van der Waals surface area (Å²) in [5.74, 6) is 0.257. The summed E-state index contributed by atoms with van der Waals surface area (Å²) in [6.45, 7) is 6.52. The average molecular weight is 370 g/mol. The molecule has 136 valence electrons. The van der Waals surface area contributed by atoms with Gasteiger partial charge in [-0.3, -0.25) is 9.69 Å². The molecule has 1 saturated heterocycles. The molecule has 0 unspecified atom stereocenters. The second-order valence-corrected chi connectivity index (χ2v) is 7.71. The third-order valence-corrected chi connectivity index (χ3v) is 6.02. The summed E-state index contributed by atoms with van der Waals surface area (Å²) < 4.78 is 5.89. The van der Waals surface area contributed by atoms with E-state index in [4.69, 9.17) is 4.42 Å². The van der Waals surface area contributed by atoms with Crippen molar-refractivity contribution < 1.29 is 9.52 Å². The number of rotatable bonds is 4. The Morgan fingerprint density at radius 2 is 2.12 bits per heavy atom. The highest BCUT2D eigenvalue weighted by atomic mass is 32.1. The van der Waals surface area contributed by atoms with Gasteiger partial charge in [0.25, 0.3) is 0 Å². The molecule has 0 bridgehead atoms. The number of nitrogens with zero attached hydrogens (tertiary/aromatic N) is 2. The van der Waals surface area contributed by atoms with Gasteiger partial charge < -0.3 is 9.52 Å². The Morgan fingerprint density at radius 1 is 1.35 bits per heavy atom. The fourth-order valence-corrected chi connectivity index (χ4v) is 4.40. The summed E-state index contributed by atoms with van der Waals surface area (Å²) in [5.41, 5.74) is 3.29. The van der Waals surface area contributed by atoms with Gasteiger partial charge in [-0.25, -0.2) is 4.98 Å². The van der Waals surface area contributed by atoms with Gasteiger partial charge in [0, 0.05) is 17.6 Å². The molecule has 1 fully saturated rings. The molecular weight excluding hydrogens is 348 g/mol. The number of aromatic hydroxyl groups is 1. The Hall–Kier alpha value is -2.18. The lowest BCUT2D eigenvalue weighted by Gasteiger charge is -2.18. The first kappa shape index (κ1) is 17.2. The van der Waals surface area contributed by atoms with Crippen molar-refractivity contribution in [3.8, 4) is 16.3 Å². The van der Waals surface area contributed by atoms with Crippen molar-refractivity contribution in [1.29, 1.82) is 0 Å². The number of fused-ring (bicyclic) bond motifs is 1. The fourth-order valence-electron chi connectivity index (χ4n) is 3.60. The van der Waals surface area contributed by atoms with Crippen molar-refractivity contribution >= 4 is 22.3 Å². The van der Waals surface area contributed by atoms with Gasteiger partial charge in [0.05, 0.1) is 16.5 Å². The SMILES string of the molecule is CCc1cc2c(=O)c(-c3nc(C)cs3)coc2c(CN2CCCC2)c1O. The van der Waals surface area contributed by atoms with Crippen molar-refractivity contribution in [2.24, 2.45) is 0 Å². The highest BCUT2D eigenvalue weighted by molar-refractivity contribution is 7.13. The summed E-state index contributed by atoms with van der Waals surface area (Å²) in [6, 6.07) is 1.77. The van der Waals surface area contributed by atoms with Crippen molar-refractivity contribution in [2.75, 3.05) is 13.1 Å². The van der Waals surface area contributed by atoms with Gasteiger partial charge in [-0.2, -0.15) is 0 Å². The van der Waals surface area contributed by atoms with Crippen LogP contribution in [0.5, 0.6) is 5.75 Å². The molecular formula is C20H22N2O3S. The van der Waals surface area contributed by atoms with Crippen LogP contribution < -0.4 is 5.43 Å². The molecule has 1 aromatic carbocycles. The lowest BCUT2D eigenvalue weighted by molar-refractivity contribution is 0.323. The molecule has 1 aliphatic heterocycles. The molecule has 6 heteroatoms. The highest BCUT2D eigenvalue weighted by Gasteiger charge is 2.22. The van der Waals surface area contributed by atoms with E-state index in [1.165, 1.54) is 30.4 Å². The maximum Gasteiger partial charge on any atom is 0.202 e. The first-order valence-corrected chi connectivity index (χ1v) is 9.90. The van der Waals surface area contributed by atoms with Crippen molar-refractivity contribution in [1.82, 2.24) is 9.88 Å². The molecule has 0 saturated carbocycles. The quantitative estimate of drug-likeness (QED) is 0.749. The van der Waals surface area contributed by atoms with Gasteiger partial charge in [0.2, 0.25) is 5.43 Å². The number of phenols is 1. The van der Waals surface area contributed by atoms with E-state index >= 15 is 0 Å². The first-order chi connectivity index (χ1) is 12.6. The van der Waals surface area contributed by atoms with Gasteiger partial charge >= 0.3 is 0 Å². The zero-order chi connectivity index (χ0) is 18.3. The Labute approximate surface area is 155 Å². The van der Waals surface area contributed by atoms with Gasteiger partial charge in [-0.1, -0.05) is 6.92 Å². The summed E-state index contributed by atoms with van der Waals surface area (Å²) >= 11 is 1.44. The Balaban J connectivity index is 1.91. The molecule has 5 nitrogen and oxygen atoms in total. The van der Waals surface area contributed by atoms with E-state index in [2.05, 4.69) is 9.88 Å². The fraction of sp³-hybridized carbons (Fsp3) is 0.400. The molecule has 4 rings (SSSR count). The lowest BCUT2D eigenvalue weighted by Crippen LogP contribution is -2.19. The predicted octanol–water partition coefficient (Wildman–Crippen LogP) is 4.09. The third-order valence-electron chi connectivity index (χ3n) is 5.02. The van der Waals surface area contributed by atoms with Crippen LogP contribution in [0.4, 0.5) is 0 Å². The minimum atomic E-state index is -0.0852. The van der Waals surface area contributed by atoms with Crippen LogP contribution in [0.15, 0.2) is 26.9 Å². The van der Waals surface area contributed by atoms with Crippen LogP contribution in [0.1, 0.15) is 36.6 Å². The smallest absolute Gasteiger partial charge is 0.202 e. The summed E-state index contributed by atoms with van der Waals surface area (Å²) in [5, 5.41) is 13.9. The van der Waals surface area contributed by atoms with Gasteiger partial charge in [-0.05, 0) is 50.9 Å². The van der Waals surface area contributed by atoms with E-state index in [9.17, 15) is 9.90 Å². The molecule has 26 heavy (non-hydrogen) atoms. The second kappa shape index (κ2) is 6.85. The molecule has 0 aliphatic carbocycles. The van der Waals surface area contributed by atoms with Crippen LogP contribution >= 0.6 is 11.3 Å². The molecule has 0 amide bonds. The minimum absolute atomic E-state index is 0.0852. The monoisotopic (exact) mass is 370 g/mol. The highest BCUT2D eigenvalue weighted by Crippen LogP contribution is 2.34. The van der Waals surface area contributed by atoms with E-state index in [1.54, 1.807) is 6.07 Å². The van der Waals surface area contributed by atoms with E-state index in [0.717, 1.165) is 29.9 Å². The zero-order valence-corrected chi connectivity index (χ0v) is 15.9. The molecule has 0 radical (unpaired) electrons. The predicted molar refractivity (Wildman–Crippen MR) is 104 cm³/mol. The average Bonchev–Trinajstić information content (AvgIpc) is 3.29. The van der Waals surface area contributed by atoms with Crippen LogP contribution in [-0.2, 0) is 13.0 Å². The van der Waals surface area contributed by atoms with Crippen molar-refractivity contribution in [3.05, 3.63) is 44.8 Å². The number of aryl methyl sites for hydroxylation is 2. The molecule has 1 aliphatic rings. The Bertz CT molecular complexity index is 1020. The summed E-state index contributed by atoms with van der Waals surface area (Å²) in [7, 11) is 0. The molecule has 3 aromatic rings. The normalized spacial score (nSPS) is 15.2. The van der Waals surface area contributed by atoms with Crippen molar-refractivity contribution in [2.45, 2.75) is 39.7 Å². The Morgan fingerprint density at radius 3 is 2.77 bits per heavy atom. The third kappa shape index (κ3) is 2.93. The Kier molecular flexibility index (Phi) is 4.54. The van der Waals surface area contributed by atoms with Crippen LogP contribution in [0, 0.1) is 6.92 Å². The van der Waals surface area contributed by atoms with E-state index in [-0.39, 0.29) is 11.2 Å². The number of phenolic OH excluding ortho intramolecular Hbond substituents is 1. The topological polar surface area (TPSA) is 66.6 Å². The second-order valence-electron chi connectivity index (χ2n) is 6.85. The molecule has 0 atom stereocenters. The number of aromatic nitrogens is 1. The molecule has 0 spiro atoms. The van der Waals surface area contributed by atoms with E-state index < -0.39 is 0 Å². The lowest BCUT2D eigenvalue weighted by atomic mass is 10.0. The molecule has 3 heterocycles.